The number of aliphatic carboxylic acids is 1. The Kier molecular flexibility index (Phi) is 5.14. The summed E-state index contributed by atoms with van der Waals surface area (Å²) in [6.07, 6.45) is 5.60. The molecule has 0 atom stereocenters. The molecule has 0 unspecified atom stereocenters. The van der Waals surface area contributed by atoms with Gasteiger partial charge in [-0.2, -0.15) is 0 Å². The van der Waals surface area contributed by atoms with Crippen LogP contribution < -0.4 is 5.32 Å². The predicted octanol–water partition coefficient (Wildman–Crippen LogP) is 2.51. The maximum absolute atomic E-state index is 12.3. The molecule has 0 bridgehead atoms. The Morgan fingerprint density at radius 1 is 1.43 bits per heavy atom. The molecular weight excluding hydrogens is 270 g/mol. The molecule has 6 heteroatoms. The van der Waals surface area contributed by atoms with Crippen LogP contribution in [0.5, 0.6) is 0 Å². The Balaban J connectivity index is 1.92. The highest BCUT2D eigenvalue weighted by atomic mass is 16.4. The Hall–Kier alpha value is -2.11. The van der Waals surface area contributed by atoms with E-state index in [-0.39, 0.29) is 12.5 Å². The van der Waals surface area contributed by atoms with E-state index in [1.807, 2.05) is 4.90 Å². The minimum Gasteiger partial charge on any atom is -0.481 e. The van der Waals surface area contributed by atoms with Crippen LogP contribution in [-0.2, 0) is 11.2 Å². The number of hydrogen-bond donors (Lipinski definition) is 2. The first kappa shape index (κ1) is 15.3. The summed E-state index contributed by atoms with van der Waals surface area (Å²) in [5, 5.41) is 11.5. The van der Waals surface area contributed by atoms with Gasteiger partial charge in [0.2, 0.25) is 0 Å². The van der Waals surface area contributed by atoms with Gasteiger partial charge < -0.3 is 15.3 Å². The zero-order valence-electron chi connectivity index (χ0n) is 12.2. The number of carbonyl (C=O) groups excluding carboxylic acids is 1. The standard InChI is InChI=1S/C15H21N3O3/c1-2-3-8-18(13-6-7-13)15(21)17-12-5-4-11(16-10-12)9-14(19)20/h4-5,10,13H,2-3,6-9H2,1H3,(H,17,21)(H,19,20). The van der Waals surface area contributed by atoms with Crippen molar-refractivity contribution in [2.24, 2.45) is 0 Å². The summed E-state index contributed by atoms with van der Waals surface area (Å²) in [6.45, 7) is 2.88. The number of carbonyl (C=O) groups is 2. The van der Waals surface area contributed by atoms with Crippen molar-refractivity contribution in [2.45, 2.75) is 45.1 Å². The third kappa shape index (κ3) is 4.73. The maximum atomic E-state index is 12.3. The molecule has 2 N–H and O–H groups in total. The SMILES string of the molecule is CCCCN(C(=O)Nc1ccc(CC(=O)O)nc1)C1CC1. The van der Waals surface area contributed by atoms with Crippen molar-refractivity contribution >= 4 is 17.7 Å². The van der Waals surface area contributed by atoms with E-state index in [0.29, 0.717) is 17.4 Å². The molecule has 1 saturated carbocycles. The molecule has 0 saturated heterocycles. The van der Waals surface area contributed by atoms with Gasteiger partial charge >= 0.3 is 12.0 Å². The van der Waals surface area contributed by atoms with E-state index in [2.05, 4.69) is 17.2 Å². The molecule has 6 nitrogen and oxygen atoms in total. The molecule has 1 aromatic rings. The molecule has 2 amide bonds. The molecule has 0 aromatic carbocycles. The average Bonchev–Trinajstić information content (AvgIpc) is 3.25. The van der Waals surface area contributed by atoms with Gasteiger partial charge in [0.1, 0.15) is 0 Å². The Morgan fingerprint density at radius 3 is 2.71 bits per heavy atom. The van der Waals surface area contributed by atoms with Gasteiger partial charge in [-0.15, -0.1) is 0 Å². The fraction of sp³-hybridized carbons (Fsp3) is 0.533. The molecule has 0 spiro atoms. The highest BCUT2D eigenvalue weighted by molar-refractivity contribution is 5.89. The third-order valence-corrected chi connectivity index (χ3v) is 3.41. The summed E-state index contributed by atoms with van der Waals surface area (Å²) in [4.78, 5) is 28.8. The monoisotopic (exact) mass is 291 g/mol. The molecule has 1 aromatic heterocycles. The summed E-state index contributed by atoms with van der Waals surface area (Å²) in [6, 6.07) is 3.58. The maximum Gasteiger partial charge on any atom is 0.322 e. The van der Waals surface area contributed by atoms with Gasteiger partial charge in [0, 0.05) is 12.6 Å². The molecule has 1 aliphatic carbocycles. The van der Waals surface area contributed by atoms with Gasteiger partial charge in [-0.25, -0.2) is 4.79 Å². The molecule has 1 heterocycles. The van der Waals surface area contributed by atoms with Crippen LogP contribution in [0.15, 0.2) is 18.3 Å². The van der Waals surface area contributed by atoms with E-state index in [1.165, 1.54) is 6.20 Å². The zero-order valence-corrected chi connectivity index (χ0v) is 12.2. The topological polar surface area (TPSA) is 82.5 Å². The first-order chi connectivity index (χ1) is 10.1. The number of urea groups is 1. The lowest BCUT2D eigenvalue weighted by Gasteiger charge is -2.22. The molecule has 1 aliphatic rings. The lowest BCUT2D eigenvalue weighted by molar-refractivity contribution is -0.136. The minimum atomic E-state index is -0.918. The van der Waals surface area contributed by atoms with Gasteiger partial charge in [-0.1, -0.05) is 13.3 Å². The second kappa shape index (κ2) is 7.06. The number of carboxylic acid groups (broad SMARTS) is 1. The van der Waals surface area contributed by atoms with Crippen molar-refractivity contribution in [1.29, 1.82) is 0 Å². The molecule has 0 radical (unpaired) electrons. The molecule has 0 aliphatic heterocycles. The second-order valence-corrected chi connectivity index (χ2v) is 5.32. The van der Waals surface area contributed by atoms with E-state index in [4.69, 9.17) is 5.11 Å². The molecular formula is C15H21N3O3. The van der Waals surface area contributed by atoms with Crippen LogP contribution in [0.25, 0.3) is 0 Å². The van der Waals surface area contributed by atoms with Crippen molar-refractivity contribution in [2.75, 3.05) is 11.9 Å². The minimum absolute atomic E-state index is 0.0984. The normalized spacial score (nSPS) is 13.8. The van der Waals surface area contributed by atoms with Crippen molar-refractivity contribution in [1.82, 2.24) is 9.88 Å². The fourth-order valence-electron chi connectivity index (χ4n) is 2.12. The summed E-state index contributed by atoms with van der Waals surface area (Å²) in [5.41, 5.74) is 1.07. The number of nitrogens with one attached hydrogen (secondary N) is 1. The van der Waals surface area contributed by atoms with E-state index >= 15 is 0 Å². The van der Waals surface area contributed by atoms with Crippen molar-refractivity contribution in [3.8, 4) is 0 Å². The highest BCUT2D eigenvalue weighted by Gasteiger charge is 2.32. The summed E-state index contributed by atoms with van der Waals surface area (Å²) >= 11 is 0. The van der Waals surface area contributed by atoms with Gasteiger partial charge in [0.15, 0.2) is 0 Å². The van der Waals surface area contributed by atoms with Crippen molar-refractivity contribution in [3.05, 3.63) is 24.0 Å². The van der Waals surface area contributed by atoms with Gasteiger partial charge in [0.05, 0.1) is 24.0 Å². The quantitative estimate of drug-likeness (QED) is 0.808. The van der Waals surface area contributed by atoms with Crippen LogP contribution in [-0.4, -0.2) is 39.6 Å². The summed E-state index contributed by atoms with van der Waals surface area (Å²) < 4.78 is 0. The Morgan fingerprint density at radius 2 is 2.19 bits per heavy atom. The number of unbranched alkanes of at least 4 members (excludes halogenated alkanes) is 1. The molecule has 1 fully saturated rings. The van der Waals surface area contributed by atoms with Crippen LogP contribution >= 0.6 is 0 Å². The number of pyridine rings is 1. The van der Waals surface area contributed by atoms with Crippen LogP contribution in [0.4, 0.5) is 10.5 Å². The van der Waals surface area contributed by atoms with Crippen LogP contribution in [0.3, 0.4) is 0 Å². The smallest absolute Gasteiger partial charge is 0.322 e. The van der Waals surface area contributed by atoms with E-state index in [0.717, 1.165) is 32.2 Å². The van der Waals surface area contributed by atoms with Crippen LogP contribution in [0.1, 0.15) is 38.3 Å². The number of amides is 2. The number of carboxylic acids is 1. The first-order valence-corrected chi connectivity index (χ1v) is 7.34. The largest absolute Gasteiger partial charge is 0.481 e. The Bertz CT molecular complexity index is 497. The molecule has 21 heavy (non-hydrogen) atoms. The second-order valence-electron chi connectivity index (χ2n) is 5.32. The summed E-state index contributed by atoms with van der Waals surface area (Å²) in [7, 11) is 0. The third-order valence-electron chi connectivity index (χ3n) is 3.41. The first-order valence-electron chi connectivity index (χ1n) is 7.34. The van der Waals surface area contributed by atoms with Crippen molar-refractivity contribution in [3.63, 3.8) is 0 Å². The number of rotatable bonds is 7. The number of hydrogen-bond acceptors (Lipinski definition) is 3. The van der Waals surface area contributed by atoms with Gasteiger partial charge in [0.25, 0.3) is 0 Å². The van der Waals surface area contributed by atoms with Gasteiger partial charge in [-0.05, 0) is 31.4 Å². The van der Waals surface area contributed by atoms with E-state index in [1.54, 1.807) is 12.1 Å². The fourth-order valence-corrected chi connectivity index (χ4v) is 2.12. The van der Waals surface area contributed by atoms with E-state index in [9.17, 15) is 9.59 Å². The summed E-state index contributed by atoms with van der Waals surface area (Å²) in [5.74, 6) is -0.918. The number of anilines is 1. The number of aromatic nitrogens is 1. The van der Waals surface area contributed by atoms with Crippen LogP contribution in [0.2, 0.25) is 0 Å². The molecule has 2 rings (SSSR count). The highest BCUT2D eigenvalue weighted by Crippen LogP contribution is 2.27. The van der Waals surface area contributed by atoms with Gasteiger partial charge in [-0.3, -0.25) is 9.78 Å². The van der Waals surface area contributed by atoms with Crippen molar-refractivity contribution < 1.29 is 14.7 Å². The predicted molar refractivity (Wildman–Crippen MR) is 79.2 cm³/mol. The zero-order chi connectivity index (χ0) is 15.2. The lowest BCUT2D eigenvalue weighted by atomic mass is 10.2. The number of nitrogens with zero attached hydrogens (tertiary/aromatic N) is 2. The Labute approximate surface area is 124 Å². The van der Waals surface area contributed by atoms with E-state index < -0.39 is 5.97 Å². The average molecular weight is 291 g/mol. The molecule has 114 valence electrons. The lowest BCUT2D eigenvalue weighted by Crippen LogP contribution is -2.37. The van der Waals surface area contributed by atoms with Crippen LogP contribution in [0, 0.1) is 0 Å².